The third-order valence-corrected chi connectivity index (χ3v) is 2.49. The average Bonchev–Trinajstić information content (AvgIpc) is 2.33. The van der Waals surface area contributed by atoms with E-state index in [1.807, 2.05) is 24.3 Å². The highest BCUT2D eigenvalue weighted by Gasteiger charge is 2.14. The molecule has 0 bridgehead atoms. The molecule has 1 aliphatic heterocycles. The Morgan fingerprint density at radius 3 is 2.75 bits per heavy atom. The monoisotopic (exact) mass is 221 g/mol. The van der Waals surface area contributed by atoms with E-state index in [1.165, 1.54) is 6.21 Å². The number of nitrogens with zero attached hydrogens (tertiary/aromatic N) is 1. The zero-order valence-corrected chi connectivity index (χ0v) is 9.00. The number of hydrogen-bond acceptors (Lipinski definition) is 4. The van der Waals surface area contributed by atoms with Gasteiger partial charge in [-0.2, -0.15) is 0 Å². The molecule has 1 aromatic rings. The molecular formula is C12H15NO3. The van der Waals surface area contributed by atoms with Crippen molar-refractivity contribution in [2.75, 3.05) is 6.61 Å². The molecule has 0 aromatic heterocycles. The van der Waals surface area contributed by atoms with Crippen molar-refractivity contribution in [3.63, 3.8) is 0 Å². The van der Waals surface area contributed by atoms with Crippen LogP contribution in [0.2, 0.25) is 0 Å². The summed E-state index contributed by atoms with van der Waals surface area (Å²) in [6.45, 7) is 0.778. The number of oxime groups is 1. The SMILES string of the molecule is ON=Cc1ccc(OC2CCCCO2)cc1. The van der Waals surface area contributed by atoms with E-state index in [0.717, 1.165) is 37.2 Å². The van der Waals surface area contributed by atoms with Crippen LogP contribution in [0, 0.1) is 0 Å². The molecular weight excluding hydrogens is 206 g/mol. The summed E-state index contributed by atoms with van der Waals surface area (Å²) in [6.07, 6.45) is 4.47. The summed E-state index contributed by atoms with van der Waals surface area (Å²) < 4.78 is 11.1. The van der Waals surface area contributed by atoms with Crippen molar-refractivity contribution >= 4 is 6.21 Å². The maximum Gasteiger partial charge on any atom is 0.199 e. The van der Waals surface area contributed by atoms with Crippen molar-refractivity contribution < 1.29 is 14.7 Å². The van der Waals surface area contributed by atoms with E-state index in [9.17, 15) is 0 Å². The van der Waals surface area contributed by atoms with Gasteiger partial charge < -0.3 is 14.7 Å². The number of ether oxygens (including phenoxy) is 2. The summed E-state index contributed by atoms with van der Waals surface area (Å²) in [6, 6.07) is 7.35. The zero-order valence-electron chi connectivity index (χ0n) is 9.00. The van der Waals surface area contributed by atoms with E-state index in [4.69, 9.17) is 14.7 Å². The lowest BCUT2D eigenvalue weighted by Crippen LogP contribution is -2.24. The molecule has 1 heterocycles. The highest BCUT2D eigenvalue weighted by molar-refractivity contribution is 5.79. The minimum Gasteiger partial charge on any atom is -0.465 e. The van der Waals surface area contributed by atoms with Crippen molar-refractivity contribution in [3.8, 4) is 5.75 Å². The Hall–Kier alpha value is -1.55. The predicted octanol–water partition coefficient (Wildman–Crippen LogP) is 2.40. The fourth-order valence-corrected chi connectivity index (χ4v) is 1.66. The summed E-state index contributed by atoms with van der Waals surface area (Å²) in [7, 11) is 0. The van der Waals surface area contributed by atoms with Gasteiger partial charge in [-0.3, -0.25) is 0 Å². The van der Waals surface area contributed by atoms with Gasteiger partial charge in [0.2, 0.25) is 0 Å². The van der Waals surface area contributed by atoms with E-state index in [1.54, 1.807) is 0 Å². The van der Waals surface area contributed by atoms with Gasteiger partial charge in [-0.05, 0) is 42.7 Å². The first-order chi connectivity index (χ1) is 7.88. The first kappa shape index (κ1) is 11.0. The molecule has 1 aromatic carbocycles. The fourth-order valence-electron chi connectivity index (χ4n) is 1.66. The van der Waals surface area contributed by atoms with Crippen LogP contribution in [-0.4, -0.2) is 24.3 Å². The Morgan fingerprint density at radius 1 is 1.31 bits per heavy atom. The maximum absolute atomic E-state index is 8.37. The molecule has 0 aliphatic carbocycles. The highest BCUT2D eigenvalue weighted by Crippen LogP contribution is 2.19. The quantitative estimate of drug-likeness (QED) is 0.484. The molecule has 0 saturated carbocycles. The lowest BCUT2D eigenvalue weighted by atomic mass is 10.2. The second-order valence-corrected chi connectivity index (χ2v) is 3.73. The van der Waals surface area contributed by atoms with Gasteiger partial charge in [0.1, 0.15) is 5.75 Å². The molecule has 2 rings (SSSR count). The van der Waals surface area contributed by atoms with Crippen LogP contribution in [0.15, 0.2) is 29.4 Å². The van der Waals surface area contributed by atoms with E-state index in [-0.39, 0.29) is 6.29 Å². The number of hydrogen-bond donors (Lipinski definition) is 1. The van der Waals surface area contributed by atoms with Gasteiger partial charge in [-0.1, -0.05) is 5.16 Å². The van der Waals surface area contributed by atoms with Crippen LogP contribution in [0.25, 0.3) is 0 Å². The molecule has 16 heavy (non-hydrogen) atoms. The Labute approximate surface area is 94.5 Å². The molecule has 0 spiro atoms. The first-order valence-corrected chi connectivity index (χ1v) is 5.44. The van der Waals surface area contributed by atoms with Crippen LogP contribution in [0.4, 0.5) is 0 Å². The average molecular weight is 221 g/mol. The van der Waals surface area contributed by atoms with Gasteiger partial charge >= 0.3 is 0 Å². The number of rotatable bonds is 3. The minimum absolute atomic E-state index is 0.119. The third kappa shape index (κ3) is 2.97. The second-order valence-electron chi connectivity index (χ2n) is 3.73. The lowest BCUT2D eigenvalue weighted by molar-refractivity contribution is -0.105. The van der Waals surface area contributed by atoms with Crippen LogP contribution < -0.4 is 4.74 Å². The minimum atomic E-state index is -0.119. The summed E-state index contributed by atoms with van der Waals surface area (Å²) >= 11 is 0. The molecule has 1 aliphatic rings. The van der Waals surface area contributed by atoms with E-state index in [0.29, 0.717) is 0 Å². The Balaban J connectivity index is 1.93. The molecule has 1 unspecified atom stereocenters. The largest absolute Gasteiger partial charge is 0.465 e. The lowest BCUT2D eigenvalue weighted by Gasteiger charge is -2.23. The van der Waals surface area contributed by atoms with Crippen molar-refractivity contribution in [2.24, 2.45) is 5.16 Å². The summed E-state index contributed by atoms with van der Waals surface area (Å²) in [4.78, 5) is 0. The van der Waals surface area contributed by atoms with Gasteiger partial charge in [0.05, 0.1) is 12.8 Å². The smallest absolute Gasteiger partial charge is 0.199 e. The van der Waals surface area contributed by atoms with Crippen molar-refractivity contribution in [1.29, 1.82) is 0 Å². The third-order valence-electron chi connectivity index (χ3n) is 2.49. The summed E-state index contributed by atoms with van der Waals surface area (Å²) in [5.41, 5.74) is 0.833. The number of benzene rings is 1. The van der Waals surface area contributed by atoms with Crippen LogP contribution >= 0.6 is 0 Å². The van der Waals surface area contributed by atoms with Crippen molar-refractivity contribution in [2.45, 2.75) is 25.6 Å². The normalized spacial score (nSPS) is 21.1. The van der Waals surface area contributed by atoms with Crippen LogP contribution in [0.3, 0.4) is 0 Å². The van der Waals surface area contributed by atoms with Gasteiger partial charge in [0.25, 0.3) is 0 Å². The molecule has 86 valence electrons. The molecule has 1 fully saturated rings. The summed E-state index contributed by atoms with van der Waals surface area (Å²) in [5.74, 6) is 0.780. The van der Waals surface area contributed by atoms with Crippen LogP contribution in [0.1, 0.15) is 24.8 Å². The first-order valence-electron chi connectivity index (χ1n) is 5.44. The molecule has 4 nitrogen and oxygen atoms in total. The van der Waals surface area contributed by atoms with Crippen molar-refractivity contribution in [3.05, 3.63) is 29.8 Å². The van der Waals surface area contributed by atoms with Gasteiger partial charge in [0.15, 0.2) is 6.29 Å². The molecule has 1 atom stereocenters. The fraction of sp³-hybridized carbons (Fsp3) is 0.417. The maximum atomic E-state index is 8.37. The molecule has 1 N–H and O–H groups in total. The molecule has 4 heteroatoms. The van der Waals surface area contributed by atoms with Crippen molar-refractivity contribution in [1.82, 2.24) is 0 Å². The van der Waals surface area contributed by atoms with Gasteiger partial charge in [-0.25, -0.2) is 0 Å². The van der Waals surface area contributed by atoms with E-state index >= 15 is 0 Å². The van der Waals surface area contributed by atoms with Gasteiger partial charge in [0, 0.05) is 6.42 Å². The molecule has 0 radical (unpaired) electrons. The van der Waals surface area contributed by atoms with E-state index in [2.05, 4.69) is 5.16 Å². The highest BCUT2D eigenvalue weighted by atomic mass is 16.7. The molecule has 0 amide bonds. The molecule has 1 saturated heterocycles. The standard InChI is InChI=1S/C12H15NO3/c14-13-9-10-4-6-11(7-5-10)16-12-3-1-2-8-15-12/h4-7,9,12,14H,1-3,8H2. The zero-order chi connectivity index (χ0) is 11.2. The predicted molar refractivity (Wildman–Crippen MR) is 60.0 cm³/mol. The Kier molecular flexibility index (Phi) is 3.77. The van der Waals surface area contributed by atoms with Crippen LogP contribution in [0.5, 0.6) is 5.75 Å². The Bertz CT molecular complexity index is 342. The summed E-state index contributed by atoms with van der Waals surface area (Å²) in [5, 5.41) is 11.3. The van der Waals surface area contributed by atoms with Crippen LogP contribution in [-0.2, 0) is 4.74 Å². The van der Waals surface area contributed by atoms with Gasteiger partial charge in [-0.15, -0.1) is 0 Å². The topological polar surface area (TPSA) is 51.1 Å². The Morgan fingerprint density at radius 2 is 2.12 bits per heavy atom. The van der Waals surface area contributed by atoms with E-state index < -0.39 is 0 Å². The second kappa shape index (κ2) is 5.51.